The highest BCUT2D eigenvalue weighted by Gasteiger charge is 2.78. The van der Waals surface area contributed by atoms with E-state index in [1.165, 1.54) is 0 Å². The molecule has 4 aliphatic carbocycles. The highest BCUT2D eigenvalue weighted by atomic mass is 19.1. The number of hydrogen-bond donors (Lipinski definition) is 3. The number of rotatable bonds is 6. The van der Waals surface area contributed by atoms with Gasteiger partial charge < -0.3 is 30.8 Å². The van der Waals surface area contributed by atoms with Crippen molar-refractivity contribution in [1.82, 2.24) is 0 Å². The molecule has 46 heavy (non-hydrogen) atoms. The number of anilines is 1. The van der Waals surface area contributed by atoms with Gasteiger partial charge in [-0.15, -0.1) is 0 Å². The summed E-state index contributed by atoms with van der Waals surface area (Å²) in [5, 5.41) is 12.0. The first-order valence-corrected chi connectivity index (χ1v) is 16.3. The van der Waals surface area contributed by atoms with Gasteiger partial charge >= 0.3 is 0 Å². The Kier molecular flexibility index (Phi) is 7.18. The number of allylic oxidation sites excluding steroid dienone is 4. The molecule has 2 aromatic carbocycles. The average molecular weight is 631 g/mol. The third-order valence-electron chi connectivity index (χ3n) is 12.1. The molecule has 9 heteroatoms. The molecule has 8 nitrogen and oxygen atoms in total. The molecule has 7 unspecified atom stereocenters. The fraction of sp³-hybridized carbons (Fsp3) is 0.514. The molecule has 0 bridgehead atoms. The van der Waals surface area contributed by atoms with Crippen LogP contribution >= 0.6 is 0 Å². The molecule has 1 aliphatic heterocycles. The maximum Gasteiger partial charge on any atom is 0.188 e. The summed E-state index contributed by atoms with van der Waals surface area (Å²) in [6.07, 6.45) is 4.51. The minimum atomic E-state index is -1.43. The smallest absolute Gasteiger partial charge is 0.188 e. The van der Waals surface area contributed by atoms with Crippen molar-refractivity contribution in [2.75, 3.05) is 5.73 Å². The molecule has 9 atom stereocenters. The molecular formula is C37H43FN2O6. The Morgan fingerprint density at radius 1 is 1.22 bits per heavy atom. The number of carbonyl (C=O) groups is 2. The molecule has 0 aromatic heterocycles. The largest absolute Gasteiger partial charge is 0.486 e. The molecule has 0 spiro atoms. The molecule has 1 saturated heterocycles. The Hall–Kier alpha value is -3.37. The van der Waals surface area contributed by atoms with Crippen molar-refractivity contribution in [2.24, 2.45) is 28.4 Å². The maximum absolute atomic E-state index is 16.3. The minimum Gasteiger partial charge on any atom is -0.486 e. The van der Waals surface area contributed by atoms with E-state index in [9.17, 15) is 14.7 Å². The molecule has 4 fully saturated rings. The molecule has 3 saturated carbocycles. The van der Waals surface area contributed by atoms with E-state index in [0.717, 1.165) is 11.1 Å². The fourth-order valence-corrected chi connectivity index (χ4v) is 10.1. The fourth-order valence-electron chi connectivity index (χ4n) is 10.1. The van der Waals surface area contributed by atoms with Crippen molar-refractivity contribution in [3.63, 3.8) is 0 Å². The number of hydrogen-bond acceptors (Lipinski definition) is 8. The van der Waals surface area contributed by atoms with Crippen LogP contribution in [0.3, 0.4) is 0 Å². The summed E-state index contributed by atoms with van der Waals surface area (Å²) in [7, 11) is 0. The van der Waals surface area contributed by atoms with E-state index in [1.54, 1.807) is 50.3 Å². The van der Waals surface area contributed by atoms with Crippen LogP contribution in [0.4, 0.5) is 10.1 Å². The summed E-state index contributed by atoms with van der Waals surface area (Å²) < 4.78 is 35.5. The van der Waals surface area contributed by atoms with Crippen LogP contribution in [0, 0.1) is 35.4 Å². The average Bonchev–Trinajstić information content (AvgIpc) is 3.50. The van der Waals surface area contributed by atoms with E-state index in [2.05, 4.69) is 6.92 Å². The normalized spacial score (nSPS) is 39.2. The van der Waals surface area contributed by atoms with Gasteiger partial charge in [0.15, 0.2) is 35.0 Å². The molecule has 7 rings (SSSR count). The summed E-state index contributed by atoms with van der Waals surface area (Å²) in [6.45, 7) is 7.74. The monoisotopic (exact) mass is 630 g/mol. The number of fused-ring (bicyclic) bond motifs is 7. The van der Waals surface area contributed by atoms with Gasteiger partial charge in [-0.3, -0.25) is 9.59 Å². The lowest BCUT2D eigenvalue weighted by Crippen LogP contribution is -2.72. The van der Waals surface area contributed by atoms with Gasteiger partial charge in [0, 0.05) is 34.4 Å². The molecular weight excluding hydrogens is 587 g/mol. The second-order valence-corrected chi connectivity index (χ2v) is 14.5. The maximum atomic E-state index is 16.3. The van der Waals surface area contributed by atoms with E-state index in [0.29, 0.717) is 30.5 Å². The lowest BCUT2D eigenvalue weighted by molar-refractivity contribution is -0.204. The second kappa shape index (κ2) is 10.6. The summed E-state index contributed by atoms with van der Waals surface area (Å²) in [5.74, 6) is -1.34. The number of aliphatic hydroxyl groups excluding tert-OH is 1. The van der Waals surface area contributed by atoms with Crippen LogP contribution in [-0.2, 0) is 25.7 Å². The highest BCUT2D eigenvalue weighted by molar-refractivity contribution is 6.01. The lowest BCUT2D eigenvalue weighted by Gasteiger charge is -2.64. The lowest BCUT2D eigenvalue weighted by atomic mass is 9.43. The SMILES string of the molecule is CCC(=O)[C@@]12OC(c3c(C)ccc(OCc4cccc(N)c4)c3F)O[C@@H]1CC1C3(N)CCC4=CC(=O)C=CC4(C)C3C(O)CC12C. The van der Waals surface area contributed by atoms with Gasteiger partial charge in [0.25, 0.3) is 0 Å². The number of ether oxygens (including phenoxy) is 3. The third-order valence-corrected chi connectivity index (χ3v) is 12.1. The van der Waals surface area contributed by atoms with Gasteiger partial charge in [0.1, 0.15) is 6.61 Å². The summed E-state index contributed by atoms with van der Waals surface area (Å²) in [5.41, 5.74) is 12.8. The van der Waals surface area contributed by atoms with Gasteiger partial charge in [0.2, 0.25) is 0 Å². The zero-order valence-electron chi connectivity index (χ0n) is 26.8. The Bertz CT molecular complexity index is 1690. The molecule has 0 amide bonds. The van der Waals surface area contributed by atoms with Gasteiger partial charge in [-0.05, 0) is 80.0 Å². The molecule has 5 N–H and O–H groups in total. The van der Waals surface area contributed by atoms with Crippen molar-refractivity contribution in [3.05, 3.63) is 82.7 Å². The van der Waals surface area contributed by atoms with E-state index in [1.807, 2.05) is 25.1 Å². The summed E-state index contributed by atoms with van der Waals surface area (Å²) >= 11 is 0. The first-order valence-electron chi connectivity index (χ1n) is 16.3. The van der Waals surface area contributed by atoms with Crippen LogP contribution in [0.15, 0.2) is 60.2 Å². The Morgan fingerprint density at radius 2 is 2.00 bits per heavy atom. The van der Waals surface area contributed by atoms with Crippen molar-refractivity contribution in [1.29, 1.82) is 0 Å². The number of benzene rings is 2. The molecule has 244 valence electrons. The van der Waals surface area contributed by atoms with Crippen LogP contribution in [0.25, 0.3) is 0 Å². The third kappa shape index (κ3) is 4.17. The predicted octanol–water partition coefficient (Wildman–Crippen LogP) is 5.40. The highest BCUT2D eigenvalue weighted by Crippen LogP contribution is 2.71. The van der Waals surface area contributed by atoms with E-state index in [4.69, 9.17) is 25.7 Å². The number of nitrogens with two attached hydrogens (primary N) is 2. The van der Waals surface area contributed by atoms with Crippen LogP contribution in [0.1, 0.15) is 75.9 Å². The number of carbonyl (C=O) groups excluding carboxylic acids is 2. The molecule has 1 heterocycles. The van der Waals surface area contributed by atoms with Crippen LogP contribution in [0.5, 0.6) is 5.75 Å². The Balaban J connectivity index is 1.24. The van der Waals surface area contributed by atoms with Gasteiger partial charge in [0.05, 0.1) is 17.8 Å². The molecule has 5 aliphatic rings. The number of nitrogen functional groups attached to an aromatic ring is 1. The van der Waals surface area contributed by atoms with Crippen LogP contribution < -0.4 is 16.2 Å². The van der Waals surface area contributed by atoms with Gasteiger partial charge in [-0.25, -0.2) is 4.39 Å². The molecule has 0 radical (unpaired) electrons. The van der Waals surface area contributed by atoms with Gasteiger partial charge in [-0.1, -0.05) is 50.6 Å². The first-order chi connectivity index (χ1) is 21.8. The summed E-state index contributed by atoms with van der Waals surface area (Å²) in [4.78, 5) is 26.4. The number of halogens is 1. The standard InChI is InChI=1S/C37H43FN2O6/c1-5-28(43)37-29(45-33(46-37)30-20(2)9-10-26(31(30)38)44-19-21-7-6-8-23(39)15-21)17-27-35(37,4)18-25(42)32-34(3)13-12-24(41)16-22(34)11-14-36(27,32)40/h6-10,12-13,15-16,25,27,29,32-33,42H,5,11,14,17-19,39-40H2,1-4H3/t25?,27?,29-,32?,33?,34?,35?,36?,37-/m1/s1. The van der Waals surface area contributed by atoms with Crippen molar-refractivity contribution < 1.29 is 33.3 Å². The van der Waals surface area contributed by atoms with Crippen molar-refractivity contribution in [2.45, 2.75) is 96.0 Å². The minimum absolute atomic E-state index is 0.0439. The number of ketones is 2. The summed E-state index contributed by atoms with van der Waals surface area (Å²) in [6, 6.07) is 10.5. The number of Topliss-reactive ketones (excluding diaryl/α,β-unsaturated/α-hetero) is 1. The number of aryl methyl sites for hydroxylation is 1. The first kappa shape index (κ1) is 31.2. The van der Waals surface area contributed by atoms with Crippen LogP contribution in [-0.4, -0.2) is 40.0 Å². The molecule has 2 aromatic rings. The van der Waals surface area contributed by atoms with E-state index < -0.39 is 46.3 Å². The van der Waals surface area contributed by atoms with Crippen molar-refractivity contribution >= 4 is 17.3 Å². The quantitative estimate of drug-likeness (QED) is 0.362. The van der Waals surface area contributed by atoms with Gasteiger partial charge in [-0.2, -0.15) is 0 Å². The topological polar surface area (TPSA) is 134 Å². The zero-order chi connectivity index (χ0) is 32.8. The predicted molar refractivity (Wildman–Crippen MR) is 170 cm³/mol. The second-order valence-electron chi connectivity index (χ2n) is 14.5. The number of aliphatic hydroxyl groups is 1. The van der Waals surface area contributed by atoms with Crippen LogP contribution in [0.2, 0.25) is 0 Å². The Morgan fingerprint density at radius 3 is 2.74 bits per heavy atom. The van der Waals surface area contributed by atoms with E-state index >= 15 is 4.39 Å². The van der Waals surface area contributed by atoms with E-state index in [-0.39, 0.29) is 54.2 Å². The Labute approximate surface area is 269 Å². The zero-order valence-corrected chi connectivity index (χ0v) is 26.8. The van der Waals surface area contributed by atoms with Crippen molar-refractivity contribution in [3.8, 4) is 5.75 Å².